The first-order valence-electron chi connectivity index (χ1n) is 19.1. The number of imidazole rings is 1. The minimum Gasteiger partial charge on any atom is -0.439 e. The zero-order valence-electron chi connectivity index (χ0n) is 30.3. The van der Waals surface area contributed by atoms with Gasteiger partial charge in [0.1, 0.15) is 29.3 Å². The second-order valence-electron chi connectivity index (χ2n) is 14.6. The van der Waals surface area contributed by atoms with Crippen LogP contribution in [0.3, 0.4) is 0 Å². The molecule has 4 aliphatic rings. The monoisotopic (exact) mass is 725 g/mol. The van der Waals surface area contributed by atoms with Crippen LogP contribution in [0.2, 0.25) is 0 Å². The van der Waals surface area contributed by atoms with Crippen molar-refractivity contribution in [1.82, 2.24) is 34.7 Å². The van der Waals surface area contributed by atoms with Crippen molar-refractivity contribution in [1.29, 1.82) is 0 Å². The molecule has 1 unspecified atom stereocenters. The summed E-state index contributed by atoms with van der Waals surface area (Å²) >= 11 is 0. The number of cyclic esters (lactones) is 1. The predicted octanol–water partition coefficient (Wildman–Crippen LogP) is 5.69. The van der Waals surface area contributed by atoms with Crippen molar-refractivity contribution in [2.75, 3.05) is 68.7 Å². The van der Waals surface area contributed by atoms with E-state index in [1.165, 1.54) is 6.07 Å². The number of nitrogens with zero attached hydrogens (tertiary/aromatic N) is 8. The lowest BCUT2D eigenvalue weighted by Crippen LogP contribution is -2.46. The summed E-state index contributed by atoms with van der Waals surface area (Å²) in [7, 11) is 0. The molecule has 9 rings (SSSR count). The lowest BCUT2D eigenvalue weighted by molar-refractivity contribution is 0.125. The number of fused-ring (bicyclic) bond motifs is 1. The van der Waals surface area contributed by atoms with E-state index in [0.717, 1.165) is 117 Å². The van der Waals surface area contributed by atoms with Gasteiger partial charge in [0.15, 0.2) is 5.65 Å². The van der Waals surface area contributed by atoms with E-state index in [4.69, 9.17) is 14.8 Å². The van der Waals surface area contributed by atoms with E-state index in [1.807, 2.05) is 70.2 Å². The number of piperidine rings is 1. The Morgan fingerprint density at radius 3 is 2.57 bits per heavy atom. The van der Waals surface area contributed by atoms with Crippen molar-refractivity contribution in [2.24, 2.45) is 0 Å². The molecule has 1 amide bonds. The molecule has 3 aromatic heterocycles. The van der Waals surface area contributed by atoms with Crippen LogP contribution >= 0.6 is 0 Å². The Morgan fingerprint density at radius 1 is 0.870 bits per heavy atom. The molecule has 4 saturated heterocycles. The molecule has 0 aliphatic carbocycles. The summed E-state index contributed by atoms with van der Waals surface area (Å²) in [5.74, 6) is 8.24. The van der Waals surface area contributed by atoms with Crippen LogP contribution in [0.15, 0.2) is 85.1 Å². The highest BCUT2D eigenvalue weighted by Gasteiger charge is 2.37. The van der Waals surface area contributed by atoms with Crippen molar-refractivity contribution in [2.45, 2.75) is 43.9 Å². The number of piperazine rings is 1. The summed E-state index contributed by atoms with van der Waals surface area (Å²) in [6, 6.07) is 25.4. The standard InChI is InChI=1S/C42H44FN9O2/c43-33-8-1-7-32(26-33)36-11-5-21-50(36)41-18-17-39-45-28-37(52(39)47-41)35-10-2-12-40(46-35)49-24-22-48(23-25-49)20-4-6-30-13-15-31(16-14-30)38-29-51(42(53)54-38)34-9-3-19-44-27-34/h1-2,7-8,10,12-18,26,28,34,36,38,44H,3,5,9,11,19-25,27,29H2/t34?,36-,38-/m1/s1. The Kier molecular flexibility index (Phi) is 9.57. The molecule has 0 radical (unpaired) electrons. The lowest BCUT2D eigenvalue weighted by Gasteiger charge is -2.34. The highest BCUT2D eigenvalue weighted by atomic mass is 19.1. The number of pyridine rings is 1. The van der Waals surface area contributed by atoms with Crippen LogP contribution in [-0.2, 0) is 4.74 Å². The van der Waals surface area contributed by atoms with Crippen LogP contribution in [0.5, 0.6) is 0 Å². The van der Waals surface area contributed by atoms with E-state index in [2.05, 4.69) is 42.9 Å². The van der Waals surface area contributed by atoms with E-state index in [0.29, 0.717) is 13.1 Å². The summed E-state index contributed by atoms with van der Waals surface area (Å²) in [5.41, 5.74) is 5.34. The highest BCUT2D eigenvalue weighted by Crippen LogP contribution is 2.36. The molecule has 4 fully saturated rings. The normalized spacial score (nSPS) is 22.1. The number of amides is 1. The fourth-order valence-electron chi connectivity index (χ4n) is 8.26. The average Bonchev–Trinajstić information content (AvgIpc) is 3.98. The number of hydrogen-bond donors (Lipinski definition) is 1. The summed E-state index contributed by atoms with van der Waals surface area (Å²) in [4.78, 5) is 31.1. The van der Waals surface area contributed by atoms with Gasteiger partial charge in [0.2, 0.25) is 0 Å². The predicted molar refractivity (Wildman–Crippen MR) is 206 cm³/mol. The van der Waals surface area contributed by atoms with Crippen LogP contribution in [0.25, 0.3) is 17.0 Å². The molecule has 0 saturated carbocycles. The second-order valence-corrected chi connectivity index (χ2v) is 14.6. The molecule has 12 heteroatoms. The summed E-state index contributed by atoms with van der Waals surface area (Å²) in [6.07, 6.45) is 5.47. The molecule has 5 aromatic rings. The number of hydrogen-bond acceptors (Lipinski definition) is 9. The van der Waals surface area contributed by atoms with Crippen molar-refractivity contribution in [3.8, 4) is 23.2 Å². The molecule has 11 nitrogen and oxygen atoms in total. The van der Waals surface area contributed by atoms with Gasteiger partial charge in [-0.05, 0) is 91.9 Å². The molecule has 7 heterocycles. The highest BCUT2D eigenvalue weighted by molar-refractivity contribution is 5.71. The van der Waals surface area contributed by atoms with E-state index in [-0.39, 0.29) is 30.1 Å². The van der Waals surface area contributed by atoms with Gasteiger partial charge in [-0.25, -0.2) is 23.7 Å². The zero-order valence-corrected chi connectivity index (χ0v) is 30.3. The number of carbonyl (C=O) groups excluding carboxylic acids is 1. The summed E-state index contributed by atoms with van der Waals surface area (Å²) < 4.78 is 21.7. The smallest absolute Gasteiger partial charge is 0.410 e. The maximum atomic E-state index is 14.1. The van der Waals surface area contributed by atoms with Crippen LogP contribution < -0.4 is 15.1 Å². The van der Waals surface area contributed by atoms with E-state index in [9.17, 15) is 9.18 Å². The third-order valence-corrected chi connectivity index (χ3v) is 11.2. The number of anilines is 2. The molecule has 0 bridgehead atoms. The van der Waals surface area contributed by atoms with Gasteiger partial charge in [-0.1, -0.05) is 42.2 Å². The summed E-state index contributed by atoms with van der Waals surface area (Å²) in [5, 5.41) is 8.42. The Labute approximate surface area is 314 Å². The third kappa shape index (κ3) is 7.09. The zero-order chi connectivity index (χ0) is 36.4. The maximum Gasteiger partial charge on any atom is 0.410 e. The molecule has 54 heavy (non-hydrogen) atoms. The first-order valence-corrected chi connectivity index (χ1v) is 19.1. The van der Waals surface area contributed by atoms with Crippen molar-refractivity contribution >= 4 is 23.4 Å². The van der Waals surface area contributed by atoms with Gasteiger partial charge in [-0.3, -0.25) is 9.80 Å². The molecule has 1 N–H and O–H groups in total. The Bertz CT molecular complexity index is 2180. The van der Waals surface area contributed by atoms with Crippen LogP contribution in [0, 0.1) is 17.7 Å². The number of benzene rings is 2. The SMILES string of the molecule is O=C1O[C@@H](c2ccc(C#CCN3CCN(c4cccc(-c5cnc6ccc(N7CCC[C@@H]7c7cccc(F)c7)nn56)n4)CC3)cc2)CN1C1CCCNC1. The lowest BCUT2D eigenvalue weighted by atomic mass is 10.0. The van der Waals surface area contributed by atoms with Gasteiger partial charge in [0, 0.05) is 50.9 Å². The Balaban J connectivity index is 0.809. The van der Waals surface area contributed by atoms with Crippen molar-refractivity contribution in [3.63, 3.8) is 0 Å². The second kappa shape index (κ2) is 15.1. The third-order valence-electron chi connectivity index (χ3n) is 11.2. The molecule has 4 aliphatic heterocycles. The Morgan fingerprint density at radius 2 is 1.74 bits per heavy atom. The molecular formula is C42H44FN9O2. The van der Waals surface area contributed by atoms with Crippen LogP contribution in [-0.4, -0.2) is 100 Å². The van der Waals surface area contributed by atoms with Gasteiger partial charge < -0.3 is 19.9 Å². The minimum absolute atomic E-state index is 0.0807. The quantitative estimate of drug-likeness (QED) is 0.213. The van der Waals surface area contributed by atoms with Gasteiger partial charge in [0.05, 0.1) is 31.0 Å². The van der Waals surface area contributed by atoms with Crippen LogP contribution in [0.4, 0.5) is 20.8 Å². The number of halogens is 1. The average molecular weight is 726 g/mol. The number of ether oxygens (including phenoxy) is 1. The van der Waals surface area contributed by atoms with Crippen LogP contribution in [0.1, 0.15) is 54.5 Å². The number of aromatic nitrogens is 4. The fraction of sp³-hybridized carbons (Fsp3) is 0.381. The van der Waals surface area contributed by atoms with Gasteiger partial charge in [-0.15, -0.1) is 5.10 Å². The Hall–Kier alpha value is -5.51. The van der Waals surface area contributed by atoms with Gasteiger partial charge in [-0.2, -0.15) is 0 Å². The van der Waals surface area contributed by atoms with E-state index in [1.54, 1.807) is 12.1 Å². The molecular weight excluding hydrogens is 682 g/mol. The number of rotatable bonds is 7. The summed E-state index contributed by atoms with van der Waals surface area (Å²) in [6.45, 7) is 7.49. The topological polar surface area (TPSA) is 94.4 Å². The van der Waals surface area contributed by atoms with Gasteiger partial charge in [0.25, 0.3) is 0 Å². The van der Waals surface area contributed by atoms with E-state index >= 15 is 0 Å². The largest absolute Gasteiger partial charge is 0.439 e. The minimum atomic E-state index is -0.237. The first-order chi connectivity index (χ1) is 26.6. The molecule has 3 atom stereocenters. The fourth-order valence-corrected chi connectivity index (χ4v) is 8.26. The number of carbonyl (C=O) groups is 1. The maximum absolute atomic E-state index is 14.1. The van der Waals surface area contributed by atoms with Crippen molar-refractivity contribution in [3.05, 3.63) is 108 Å². The first kappa shape index (κ1) is 34.3. The number of nitrogens with one attached hydrogen (secondary N) is 1. The molecule has 2 aromatic carbocycles. The molecule has 0 spiro atoms. The van der Waals surface area contributed by atoms with Crippen molar-refractivity contribution < 1.29 is 13.9 Å². The molecule has 276 valence electrons. The van der Waals surface area contributed by atoms with E-state index < -0.39 is 0 Å². The van der Waals surface area contributed by atoms with Gasteiger partial charge >= 0.3 is 6.09 Å².